The van der Waals surface area contributed by atoms with E-state index in [1.54, 1.807) is 0 Å². The Kier molecular flexibility index (Phi) is 6.31. The molecule has 1 N–H and O–H groups in total. The molecule has 0 aliphatic heterocycles. The third-order valence-corrected chi connectivity index (χ3v) is 4.07. The van der Waals surface area contributed by atoms with Crippen molar-refractivity contribution in [1.29, 1.82) is 0 Å². The summed E-state index contributed by atoms with van der Waals surface area (Å²) in [6.45, 7) is 8.78. The molecule has 0 aromatic heterocycles. The second kappa shape index (κ2) is 7.30. The van der Waals surface area contributed by atoms with Gasteiger partial charge in [-0.2, -0.15) is 0 Å². The summed E-state index contributed by atoms with van der Waals surface area (Å²) in [5, 5.41) is 10.3. The van der Waals surface area contributed by atoms with Crippen molar-refractivity contribution in [2.75, 3.05) is 27.3 Å². The lowest BCUT2D eigenvalue weighted by Crippen LogP contribution is -2.29. The number of rotatable bonds is 6. The van der Waals surface area contributed by atoms with E-state index in [0.717, 1.165) is 27.5 Å². The Morgan fingerprint density at radius 1 is 1.35 bits per heavy atom. The molecule has 114 valence electrons. The van der Waals surface area contributed by atoms with E-state index in [4.69, 9.17) is 16.3 Å². The zero-order valence-corrected chi connectivity index (χ0v) is 14.1. The van der Waals surface area contributed by atoms with Gasteiger partial charge in [0.2, 0.25) is 0 Å². The number of aryl methyl sites for hydroxylation is 1. The summed E-state index contributed by atoms with van der Waals surface area (Å²) >= 11 is 6.35. The van der Waals surface area contributed by atoms with Crippen LogP contribution in [0.1, 0.15) is 36.6 Å². The Morgan fingerprint density at radius 3 is 2.40 bits per heavy atom. The first-order valence-corrected chi connectivity index (χ1v) is 7.42. The van der Waals surface area contributed by atoms with Crippen molar-refractivity contribution >= 4 is 11.6 Å². The highest BCUT2D eigenvalue weighted by atomic mass is 35.5. The Morgan fingerprint density at radius 2 is 1.95 bits per heavy atom. The second-order valence-corrected chi connectivity index (χ2v) is 5.95. The number of nitrogens with zero attached hydrogens (tertiary/aromatic N) is 1. The fourth-order valence-corrected chi connectivity index (χ4v) is 2.98. The van der Waals surface area contributed by atoms with Crippen molar-refractivity contribution in [2.24, 2.45) is 5.92 Å². The molecule has 0 spiro atoms. The standard InChI is InChI=1S/C16H26ClNO2/c1-7-20-16-10(2)8-13(17)12(4)14(16)15(18(5)6)11(3)9-19/h8,11,15,19H,7,9H2,1-6H3. The molecule has 0 bridgehead atoms. The predicted molar refractivity (Wildman–Crippen MR) is 84.8 cm³/mol. The Labute approximate surface area is 127 Å². The van der Waals surface area contributed by atoms with Crippen LogP contribution in [0.3, 0.4) is 0 Å². The molecule has 2 unspecified atom stereocenters. The van der Waals surface area contributed by atoms with Crippen LogP contribution >= 0.6 is 11.6 Å². The molecule has 1 rings (SSSR count). The molecule has 1 aromatic carbocycles. The molecule has 0 fully saturated rings. The minimum atomic E-state index is 0.0685. The van der Waals surface area contributed by atoms with Crippen molar-refractivity contribution in [3.63, 3.8) is 0 Å². The smallest absolute Gasteiger partial charge is 0.127 e. The van der Waals surface area contributed by atoms with Gasteiger partial charge >= 0.3 is 0 Å². The van der Waals surface area contributed by atoms with Crippen LogP contribution < -0.4 is 4.74 Å². The van der Waals surface area contributed by atoms with Crippen LogP contribution in [0.4, 0.5) is 0 Å². The van der Waals surface area contributed by atoms with Gasteiger partial charge in [-0.3, -0.25) is 0 Å². The third-order valence-electron chi connectivity index (χ3n) is 3.68. The first-order valence-electron chi connectivity index (χ1n) is 7.04. The van der Waals surface area contributed by atoms with Crippen LogP contribution in [0.2, 0.25) is 5.02 Å². The number of ether oxygens (including phenoxy) is 1. The number of aliphatic hydroxyl groups is 1. The molecule has 4 heteroatoms. The van der Waals surface area contributed by atoms with Crippen molar-refractivity contribution in [3.8, 4) is 5.75 Å². The largest absolute Gasteiger partial charge is 0.493 e. The summed E-state index contributed by atoms with van der Waals surface area (Å²) in [5.41, 5.74) is 3.15. The predicted octanol–water partition coefficient (Wildman–Crippen LogP) is 3.59. The van der Waals surface area contributed by atoms with Gasteiger partial charge in [-0.25, -0.2) is 0 Å². The first kappa shape index (κ1) is 17.3. The van der Waals surface area contributed by atoms with E-state index in [2.05, 4.69) is 4.90 Å². The fourth-order valence-electron chi connectivity index (χ4n) is 2.72. The van der Waals surface area contributed by atoms with Gasteiger partial charge in [-0.1, -0.05) is 18.5 Å². The SMILES string of the molecule is CCOc1c(C)cc(Cl)c(C)c1C(C(C)CO)N(C)C. The maximum Gasteiger partial charge on any atom is 0.127 e. The average Bonchev–Trinajstić information content (AvgIpc) is 2.38. The van der Waals surface area contributed by atoms with Crippen molar-refractivity contribution in [3.05, 3.63) is 27.8 Å². The normalized spacial score (nSPS) is 14.4. The van der Waals surface area contributed by atoms with E-state index in [1.807, 2.05) is 47.9 Å². The Balaban J connectivity index is 3.52. The topological polar surface area (TPSA) is 32.7 Å². The zero-order chi connectivity index (χ0) is 15.4. The Hall–Kier alpha value is -0.770. The maximum atomic E-state index is 9.57. The highest BCUT2D eigenvalue weighted by Gasteiger charge is 2.28. The summed E-state index contributed by atoms with van der Waals surface area (Å²) in [4.78, 5) is 2.11. The summed E-state index contributed by atoms with van der Waals surface area (Å²) in [5.74, 6) is 0.995. The third kappa shape index (κ3) is 3.46. The number of halogens is 1. The fraction of sp³-hybridized carbons (Fsp3) is 0.625. The maximum absolute atomic E-state index is 9.57. The van der Waals surface area contributed by atoms with Gasteiger partial charge in [0.15, 0.2) is 0 Å². The molecule has 0 saturated heterocycles. The van der Waals surface area contributed by atoms with Crippen LogP contribution in [-0.2, 0) is 0 Å². The summed E-state index contributed by atoms with van der Waals surface area (Å²) in [6.07, 6.45) is 0. The molecular weight excluding hydrogens is 274 g/mol. The van der Waals surface area contributed by atoms with Crippen LogP contribution in [0.25, 0.3) is 0 Å². The molecule has 3 nitrogen and oxygen atoms in total. The molecular formula is C16H26ClNO2. The number of hydrogen-bond donors (Lipinski definition) is 1. The first-order chi connectivity index (χ1) is 9.34. The lowest BCUT2D eigenvalue weighted by atomic mass is 9.89. The van der Waals surface area contributed by atoms with Gasteiger partial charge in [0.1, 0.15) is 5.75 Å². The number of benzene rings is 1. The Bertz CT molecular complexity index is 460. The highest BCUT2D eigenvalue weighted by molar-refractivity contribution is 6.31. The van der Waals surface area contributed by atoms with Gasteiger partial charge < -0.3 is 14.7 Å². The lowest BCUT2D eigenvalue weighted by Gasteiger charge is -2.33. The molecule has 0 aliphatic carbocycles. The number of hydrogen-bond acceptors (Lipinski definition) is 3. The minimum Gasteiger partial charge on any atom is -0.493 e. The molecule has 1 aromatic rings. The second-order valence-electron chi connectivity index (χ2n) is 5.54. The van der Waals surface area contributed by atoms with E-state index in [9.17, 15) is 5.11 Å². The lowest BCUT2D eigenvalue weighted by molar-refractivity contribution is 0.142. The van der Waals surface area contributed by atoms with Crippen molar-refractivity contribution < 1.29 is 9.84 Å². The molecule has 0 heterocycles. The van der Waals surface area contributed by atoms with E-state index >= 15 is 0 Å². The summed E-state index contributed by atoms with van der Waals surface area (Å²) in [6, 6.07) is 2.01. The molecule has 0 amide bonds. The van der Waals surface area contributed by atoms with E-state index in [-0.39, 0.29) is 18.6 Å². The van der Waals surface area contributed by atoms with Gasteiger partial charge in [0.25, 0.3) is 0 Å². The van der Waals surface area contributed by atoms with Crippen LogP contribution in [-0.4, -0.2) is 37.3 Å². The number of aliphatic hydroxyl groups excluding tert-OH is 1. The van der Waals surface area contributed by atoms with Gasteiger partial charge in [-0.05, 0) is 58.0 Å². The molecule has 0 saturated carbocycles. The van der Waals surface area contributed by atoms with Crippen LogP contribution in [0, 0.1) is 19.8 Å². The van der Waals surface area contributed by atoms with E-state index in [0.29, 0.717) is 6.61 Å². The van der Waals surface area contributed by atoms with Crippen molar-refractivity contribution in [2.45, 2.75) is 33.7 Å². The molecule has 0 aliphatic rings. The van der Waals surface area contributed by atoms with E-state index < -0.39 is 0 Å². The monoisotopic (exact) mass is 299 g/mol. The minimum absolute atomic E-state index is 0.0685. The molecule has 20 heavy (non-hydrogen) atoms. The quantitative estimate of drug-likeness (QED) is 0.871. The van der Waals surface area contributed by atoms with Crippen molar-refractivity contribution in [1.82, 2.24) is 4.90 Å². The van der Waals surface area contributed by atoms with Crippen LogP contribution in [0.15, 0.2) is 6.07 Å². The van der Waals surface area contributed by atoms with Gasteiger partial charge in [-0.15, -0.1) is 0 Å². The zero-order valence-electron chi connectivity index (χ0n) is 13.3. The van der Waals surface area contributed by atoms with Gasteiger partial charge in [0.05, 0.1) is 6.61 Å². The average molecular weight is 300 g/mol. The van der Waals surface area contributed by atoms with Gasteiger partial charge in [0, 0.05) is 23.2 Å². The highest BCUT2D eigenvalue weighted by Crippen LogP contribution is 2.41. The molecule has 0 radical (unpaired) electrons. The van der Waals surface area contributed by atoms with Crippen LogP contribution in [0.5, 0.6) is 5.75 Å². The summed E-state index contributed by atoms with van der Waals surface area (Å²) in [7, 11) is 4.03. The summed E-state index contributed by atoms with van der Waals surface area (Å²) < 4.78 is 5.86. The molecule has 2 atom stereocenters. The van der Waals surface area contributed by atoms with E-state index in [1.165, 1.54) is 0 Å².